The van der Waals surface area contributed by atoms with Gasteiger partial charge in [0.05, 0.1) is 6.42 Å². The Bertz CT molecular complexity index is 704. The van der Waals surface area contributed by atoms with Gasteiger partial charge in [0.2, 0.25) is 0 Å². The van der Waals surface area contributed by atoms with Crippen LogP contribution in [0.1, 0.15) is 36.3 Å². The molecule has 0 radical (unpaired) electrons. The van der Waals surface area contributed by atoms with Gasteiger partial charge in [0.1, 0.15) is 0 Å². The number of carbonyl (C=O) groups is 1. The lowest BCUT2D eigenvalue weighted by Crippen LogP contribution is -2.13. The van der Waals surface area contributed by atoms with E-state index in [1.165, 1.54) is 27.9 Å². The Balaban J connectivity index is 1.94. The molecule has 3 heteroatoms. The van der Waals surface area contributed by atoms with E-state index in [0.717, 1.165) is 19.3 Å². The third-order valence-electron chi connectivity index (χ3n) is 4.72. The fourth-order valence-corrected chi connectivity index (χ4v) is 3.45. The molecule has 0 amide bonds. The quantitative estimate of drug-likeness (QED) is 0.914. The summed E-state index contributed by atoms with van der Waals surface area (Å²) in [5.74, 6) is -0.555. The van der Waals surface area contributed by atoms with Crippen LogP contribution in [-0.4, -0.2) is 25.2 Å². The number of hydrogen-bond donors (Lipinski definition) is 1. The second-order valence-electron chi connectivity index (χ2n) is 6.54. The molecule has 2 aromatic rings. The highest BCUT2D eigenvalue weighted by molar-refractivity contribution is 5.70. The van der Waals surface area contributed by atoms with Crippen LogP contribution in [0, 0.1) is 0 Å². The molecule has 3 rings (SSSR count). The number of hydrogen-bond acceptors (Lipinski definition) is 2. The molecule has 1 atom stereocenters. The van der Waals surface area contributed by atoms with Crippen molar-refractivity contribution in [3.63, 3.8) is 0 Å². The van der Waals surface area contributed by atoms with Crippen LogP contribution in [0.2, 0.25) is 0 Å². The van der Waals surface area contributed by atoms with E-state index in [-0.39, 0.29) is 12.3 Å². The average Bonchev–Trinajstić information content (AvgIpc) is 2.54. The molecule has 3 nitrogen and oxygen atoms in total. The Morgan fingerprint density at radius 1 is 1.13 bits per heavy atom. The summed E-state index contributed by atoms with van der Waals surface area (Å²) >= 11 is 0. The van der Waals surface area contributed by atoms with Gasteiger partial charge in [0.25, 0.3) is 0 Å². The molecule has 0 heterocycles. The molecule has 1 aliphatic carbocycles. The number of benzene rings is 2. The lowest BCUT2D eigenvalue weighted by molar-refractivity contribution is -0.137. The van der Waals surface area contributed by atoms with E-state index < -0.39 is 5.97 Å². The molecule has 23 heavy (non-hydrogen) atoms. The van der Waals surface area contributed by atoms with Gasteiger partial charge in [-0.05, 0) is 59.6 Å². The normalized spacial score (nSPS) is 16.7. The predicted octanol–water partition coefficient (Wildman–Crippen LogP) is 4.31. The zero-order valence-electron chi connectivity index (χ0n) is 13.7. The van der Waals surface area contributed by atoms with Crippen molar-refractivity contribution in [2.24, 2.45) is 0 Å². The zero-order chi connectivity index (χ0) is 16.4. The first kappa shape index (κ1) is 15.6. The van der Waals surface area contributed by atoms with E-state index in [4.69, 9.17) is 5.11 Å². The number of carboxylic acid groups (broad SMARTS) is 1. The minimum absolute atomic E-state index is 0.150. The Kier molecular flexibility index (Phi) is 4.37. The van der Waals surface area contributed by atoms with E-state index >= 15 is 0 Å². The van der Waals surface area contributed by atoms with Gasteiger partial charge in [-0.2, -0.15) is 0 Å². The van der Waals surface area contributed by atoms with Crippen molar-refractivity contribution < 1.29 is 9.90 Å². The summed E-state index contributed by atoms with van der Waals surface area (Å²) in [7, 11) is 4.06. The summed E-state index contributed by atoms with van der Waals surface area (Å²) in [5.41, 5.74) is 6.07. The van der Waals surface area contributed by atoms with Crippen LogP contribution in [0.4, 0.5) is 5.69 Å². The van der Waals surface area contributed by atoms with E-state index in [0.29, 0.717) is 0 Å². The third kappa shape index (κ3) is 3.39. The van der Waals surface area contributed by atoms with Crippen molar-refractivity contribution in [3.05, 3.63) is 53.6 Å². The Hall–Kier alpha value is -2.29. The smallest absolute Gasteiger partial charge is 0.303 e. The molecule has 0 aliphatic heterocycles. The van der Waals surface area contributed by atoms with Gasteiger partial charge >= 0.3 is 5.97 Å². The molecular formula is C20H23NO2. The van der Waals surface area contributed by atoms with Gasteiger partial charge in [0.15, 0.2) is 0 Å². The minimum atomic E-state index is -0.705. The van der Waals surface area contributed by atoms with Crippen molar-refractivity contribution in [2.75, 3.05) is 19.0 Å². The molecule has 0 aromatic heterocycles. The number of anilines is 1. The van der Waals surface area contributed by atoms with Crippen molar-refractivity contribution in [1.82, 2.24) is 0 Å². The highest BCUT2D eigenvalue weighted by Gasteiger charge is 2.22. The van der Waals surface area contributed by atoms with Crippen molar-refractivity contribution in [2.45, 2.75) is 31.6 Å². The fourth-order valence-electron chi connectivity index (χ4n) is 3.45. The SMILES string of the molecule is CN(C)c1ccc(-c2ccc3c(c2)C(CC(=O)O)CCC3)cc1. The minimum Gasteiger partial charge on any atom is -0.481 e. The molecular weight excluding hydrogens is 286 g/mol. The molecule has 0 fully saturated rings. The highest BCUT2D eigenvalue weighted by atomic mass is 16.4. The van der Waals surface area contributed by atoms with Crippen LogP contribution in [0.5, 0.6) is 0 Å². The summed E-state index contributed by atoms with van der Waals surface area (Å²) in [6.07, 6.45) is 3.35. The van der Waals surface area contributed by atoms with Gasteiger partial charge in [-0.1, -0.05) is 30.3 Å². The van der Waals surface area contributed by atoms with Crippen molar-refractivity contribution in [1.29, 1.82) is 0 Å². The molecule has 1 aliphatic rings. The van der Waals surface area contributed by atoms with Crippen LogP contribution < -0.4 is 4.90 Å². The van der Waals surface area contributed by atoms with Crippen molar-refractivity contribution >= 4 is 11.7 Å². The molecule has 0 bridgehead atoms. The van der Waals surface area contributed by atoms with Gasteiger partial charge in [0, 0.05) is 19.8 Å². The number of carboxylic acids is 1. The van der Waals surface area contributed by atoms with Gasteiger partial charge in [-0.3, -0.25) is 4.79 Å². The number of rotatable bonds is 4. The topological polar surface area (TPSA) is 40.5 Å². The predicted molar refractivity (Wildman–Crippen MR) is 94.1 cm³/mol. The lowest BCUT2D eigenvalue weighted by Gasteiger charge is -2.25. The summed E-state index contributed by atoms with van der Waals surface area (Å²) < 4.78 is 0. The van der Waals surface area contributed by atoms with E-state index in [1.807, 2.05) is 14.1 Å². The molecule has 0 spiro atoms. The van der Waals surface area contributed by atoms with Crippen molar-refractivity contribution in [3.8, 4) is 11.1 Å². The maximum absolute atomic E-state index is 11.1. The Morgan fingerprint density at radius 3 is 2.48 bits per heavy atom. The number of aryl methyl sites for hydroxylation is 1. The van der Waals surface area contributed by atoms with E-state index in [1.54, 1.807) is 0 Å². The second-order valence-corrected chi connectivity index (χ2v) is 6.54. The zero-order valence-corrected chi connectivity index (χ0v) is 13.7. The molecule has 2 aromatic carbocycles. The molecule has 1 unspecified atom stereocenters. The monoisotopic (exact) mass is 309 g/mol. The number of aliphatic carboxylic acids is 1. The average molecular weight is 309 g/mol. The summed E-state index contributed by atoms with van der Waals surface area (Å²) in [6, 6.07) is 15.0. The highest BCUT2D eigenvalue weighted by Crippen LogP contribution is 2.36. The van der Waals surface area contributed by atoms with E-state index in [9.17, 15) is 4.79 Å². The second kappa shape index (κ2) is 6.45. The molecule has 1 N–H and O–H groups in total. The standard InChI is InChI=1S/C20H23NO2/c1-21(2)18-10-8-14(9-11-18)16-7-6-15-4-3-5-17(13-20(22)23)19(15)12-16/h6-12,17H,3-5,13H2,1-2H3,(H,22,23). The maximum Gasteiger partial charge on any atom is 0.303 e. The van der Waals surface area contributed by atoms with E-state index in [2.05, 4.69) is 47.4 Å². The lowest BCUT2D eigenvalue weighted by atomic mass is 9.80. The molecule has 0 saturated carbocycles. The fraction of sp³-hybridized carbons (Fsp3) is 0.350. The first-order chi connectivity index (χ1) is 11.0. The number of nitrogens with zero attached hydrogens (tertiary/aromatic N) is 1. The third-order valence-corrected chi connectivity index (χ3v) is 4.72. The van der Waals surface area contributed by atoms with Crippen LogP contribution in [0.3, 0.4) is 0 Å². The largest absolute Gasteiger partial charge is 0.481 e. The molecule has 120 valence electrons. The molecule has 0 saturated heterocycles. The van der Waals surface area contributed by atoms with Crippen LogP contribution in [0.25, 0.3) is 11.1 Å². The summed E-state index contributed by atoms with van der Waals surface area (Å²) in [5, 5.41) is 9.16. The first-order valence-electron chi connectivity index (χ1n) is 8.17. The Morgan fingerprint density at radius 2 is 1.83 bits per heavy atom. The van der Waals surface area contributed by atoms with Gasteiger partial charge in [-0.15, -0.1) is 0 Å². The van der Waals surface area contributed by atoms with Gasteiger partial charge in [-0.25, -0.2) is 0 Å². The summed E-state index contributed by atoms with van der Waals surface area (Å²) in [4.78, 5) is 13.2. The summed E-state index contributed by atoms with van der Waals surface area (Å²) in [6.45, 7) is 0. The van der Waals surface area contributed by atoms with Crippen LogP contribution in [0.15, 0.2) is 42.5 Å². The maximum atomic E-state index is 11.1. The van der Waals surface area contributed by atoms with Gasteiger partial charge < -0.3 is 10.0 Å². The van der Waals surface area contributed by atoms with Crippen LogP contribution in [-0.2, 0) is 11.2 Å². The van der Waals surface area contributed by atoms with Crippen LogP contribution >= 0.6 is 0 Å². The first-order valence-corrected chi connectivity index (χ1v) is 8.17. The number of fused-ring (bicyclic) bond motifs is 1. The Labute approximate surface area is 137 Å².